The summed E-state index contributed by atoms with van der Waals surface area (Å²) in [6.45, 7) is 11.5. The SMILES string of the molecule is CC(C)(C)N([O-])c1ccc(-c2c3nc(c(-c4ccccc4)c4ccc([nH]4)c(-c4ccc(N([O-])C(C)(C)C)cc4)c4nc(c(-c5ccccc5)c5ccc2[nH]5)C=C4)C=C3)cc1. The van der Waals surface area contributed by atoms with Crippen molar-refractivity contribution >= 4 is 57.7 Å². The molecule has 7 aromatic rings. The van der Waals surface area contributed by atoms with Gasteiger partial charge in [-0.05, 0) is 137 Å². The van der Waals surface area contributed by atoms with Crippen molar-refractivity contribution in [1.82, 2.24) is 19.9 Å². The van der Waals surface area contributed by atoms with E-state index in [0.717, 1.165) is 99.5 Å². The number of anilines is 2. The van der Waals surface area contributed by atoms with E-state index in [9.17, 15) is 10.4 Å². The van der Waals surface area contributed by atoms with Crippen molar-refractivity contribution in [3.8, 4) is 44.5 Å². The van der Waals surface area contributed by atoms with Crippen molar-refractivity contribution < 1.29 is 0 Å². The summed E-state index contributed by atoms with van der Waals surface area (Å²) >= 11 is 0. The van der Waals surface area contributed by atoms with Crippen LogP contribution in [0.25, 0.3) is 90.9 Å². The molecule has 0 fully saturated rings. The van der Waals surface area contributed by atoms with E-state index in [1.165, 1.54) is 0 Å². The molecule has 0 aliphatic carbocycles. The Hall–Kier alpha value is -7.00. The molecule has 4 aromatic carbocycles. The maximum Gasteiger partial charge on any atom is 0.0737 e. The lowest BCUT2D eigenvalue weighted by atomic mass is 10.0. The van der Waals surface area contributed by atoms with Crippen LogP contribution in [0.5, 0.6) is 0 Å². The first-order valence-corrected chi connectivity index (χ1v) is 20.3. The number of hydrogen-bond donors (Lipinski definition) is 2. The third-order valence-electron chi connectivity index (χ3n) is 10.9. The van der Waals surface area contributed by atoms with Crippen LogP contribution < -0.4 is 10.1 Å². The standard InChI is InChI=1S/C52H46N6O2/c1-51(2,3)57(59)37-21-17-35(18-22-37)49-43-29-25-39(53-43)47(33-13-9-7-10-14-33)41-27-31-45(55-41)50(36-19-23-38(24-20-36)58(60)52(4,5)6)46-32-28-42(56-46)48(34-15-11-8-12-16-34)40-26-30-44(49)54-40/h7-32,53,56H,1-6H3/q-2. The number of nitrogens with one attached hydrogen (secondary N) is 2. The second kappa shape index (κ2) is 15.0. The van der Waals surface area contributed by atoms with Gasteiger partial charge in [-0.15, -0.1) is 0 Å². The van der Waals surface area contributed by atoms with Crippen LogP contribution in [0.3, 0.4) is 0 Å². The number of hydrogen-bond acceptors (Lipinski definition) is 6. The van der Waals surface area contributed by atoms with E-state index in [1.807, 2.05) is 126 Å². The Morgan fingerprint density at radius 2 is 0.633 bits per heavy atom. The first kappa shape index (κ1) is 38.5. The molecule has 2 N–H and O–H groups in total. The minimum Gasteiger partial charge on any atom is -0.758 e. The third kappa shape index (κ3) is 7.21. The molecule has 8 heteroatoms. The Kier molecular flexibility index (Phi) is 9.62. The fourth-order valence-corrected chi connectivity index (χ4v) is 7.93. The predicted molar refractivity (Wildman–Crippen MR) is 252 cm³/mol. The van der Waals surface area contributed by atoms with Gasteiger partial charge in [-0.25, -0.2) is 9.97 Å². The summed E-state index contributed by atoms with van der Waals surface area (Å²) in [6.07, 6.45) is 8.29. The van der Waals surface area contributed by atoms with Crippen LogP contribution >= 0.6 is 0 Å². The van der Waals surface area contributed by atoms with E-state index in [1.54, 1.807) is 0 Å². The second-order valence-corrected chi connectivity index (χ2v) is 17.3. The van der Waals surface area contributed by atoms with Gasteiger partial charge in [0.15, 0.2) is 0 Å². The average Bonchev–Trinajstić information content (AvgIpc) is 4.09. The maximum absolute atomic E-state index is 13.2. The van der Waals surface area contributed by atoms with E-state index in [4.69, 9.17) is 9.97 Å². The van der Waals surface area contributed by atoms with Crippen molar-refractivity contribution in [3.05, 3.63) is 167 Å². The number of aromatic amines is 2. The summed E-state index contributed by atoms with van der Waals surface area (Å²) < 4.78 is 0. The molecule has 0 radical (unpaired) electrons. The van der Waals surface area contributed by atoms with Crippen LogP contribution in [0.4, 0.5) is 11.4 Å². The molecular formula is C52H46N6O2-2. The van der Waals surface area contributed by atoms with E-state index < -0.39 is 11.1 Å². The Balaban J connectivity index is 1.38. The Labute approximate surface area is 350 Å². The Morgan fingerprint density at radius 3 is 0.900 bits per heavy atom. The van der Waals surface area contributed by atoms with Crippen molar-refractivity contribution in [1.29, 1.82) is 0 Å². The second-order valence-electron chi connectivity index (χ2n) is 17.3. The zero-order chi connectivity index (χ0) is 41.8. The lowest BCUT2D eigenvalue weighted by molar-refractivity contribution is 0.556. The maximum atomic E-state index is 13.2. The molecule has 298 valence electrons. The molecule has 5 heterocycles. The topological polar surface area (TPSA) is 110 Å². The molecule has 0 atom stereocenters. The first-order chi connectivity index (χ1) is 28.8. The summed E-state index contributed by atoms with van der Waals surface area (Å²) in [5.41, 5.74) is 14.4. The summed E-state index contributed by atoms with van der Waals surface area (Å²) in [4.78, 5) is 18.3. The number of aromatic nitrogens is 4. The fraction of sp³-hybridized carbons (Fsp3) is 0.154. The smallest absolute Gasteiger partial charge is 0.0737 e. The minimum atomic E-state index is -0.582. The molecule has 3 aromatic heterocycles. The molecule has 8 nitrogen and oxygen atoms in total. The van der Waals surface area contributed by atoms with Gasteiger partial charge in [-0.1, -0.05) is 84.9 Å². The van der Waals surface area contributed by atoms with Crippen LogP contribution in [-0.4, -0.2) is 31.0 Å². The molecule has 0 saturated heterocycles. The highest BCUT2D eigenvalue weighted by Crippen LogP contribution is 2.39. The highest BCUT2D eigenvalue weighted by Gasteiger charge is 2.20. The zero-order valence-electron chi connectivity index (χ0n) is 34.6. The van der Waals surface area contributed by atoms with Crippen LogP contribution in [0.15, 0.2) is 133 Å². The summed E-state index contributed by atoms with van der Waals surface area (Å²) in [5.74, 6) is 0. The van der Waals surface area contributed by atoms with Gasteiger partial charge in [0, 0.05) is 66.8 Å². The predicted octanol–water partition coefficient (Wildman–Crippen LogP) is 13.5. The van der Waals surface area contributed by atoms with Gasteiger partial charge >= 0.3 is 0 Å². The monoisotopic (exact) mass is 786 g/mol. The fourth-order valence-electron chi connectivity index (χ4n) is 7.93. The van der Waals surface area contributed by atoms with Gasteiger partial charge < -0.3 is 30.5 Å². The number of H-pyrrole nitrogens is 2. The number of fused-ring (bicyclic) bond motifs is 8. The van der Waals surface area contributed by atoms with Crippen molar-refractivity contribution in [2.75, 3.05) is 10.1 Å². The molecule has 0 saturated carbocycles. The van der Waals surface area contributed by atoms with Gasteiger partial charge in [-0.2, -0.15) is 0 Å². The normalized spacial score (nSPS) is 12.5. The quantitative estimate of drug-likeness (QED) is 0.162. The van der Waals surface area contributed by atoms with Gasteiger partial charge in [-0.3, -0.25) is 0 Å². The highest BCUT2D eigenvalue weighted by atomic mass is 16.5. The van der Waals surface area contributed by atoms with E-state index >= 15 is 0 Å². The average molecular weight is 787 g/mol. The van der Waals surface area contributed by atoms with E-state index in [2.05, 4.69) is 82.8 Å². The van der Waals surface area contributed by atoms with Crippen LogP contribution in [0, 0.1) is 10.4 Å². The molecule has 2 aliphatic rings. The lowest BCUT2D eigenvalue weighted by Crippen LogP contribution is -2.36. The molecule has 0 amide bonds. The van der Waals surface area contributed by atoms with Crippen molar-refractivity contribution in [3.63, 3.8) is 0 Å². The Morgan fingerprint density at radius 1 is 0.367 bits per heavy atom. The molecular weight excluding hydrogens is 741 g/mol. The number of hydroxylamine groups is 2. The van der Waals surface area contributed by atoms with E-state index in [0.29, 0.717) is 11.4 Å². The minimum absolute atomic E-state index is 0.582. The van der Waals surface area contributed by atoms with Gasteiger partial charge in [0.2, 0.25) is 0 Å². The summed E-state index contributed by atoms with van der Waals surface area (Å²) in [5, 5.41) is 28.5. The number of rotatable bonds is 6. The first-order valence-electron chi connectivity index (χ1n) is 20.3. The van der Waals surface area contributed by atoms with Crippen molar-refractivity contribution in [2.45, 2.75) is 52.6 Å². The zero-order valence-corrected chi connectivity index (χ0v) is 34.6. The van der Waals surface area contributed by atoms with Crippen LogP contribution in [0.1, 0.15) is 64.3 Å². The van der Waals surface area contributed by atoms with Crippen LogP contribution in [0.2, 0.25) is 0 Å². The number of benzene rings is 4. The molecule has 60 heavy (non-hydrogen) atoms. The Bertz CT molecular complexity index is 2740. The van der Waals surface area contributed by atoms with E-state index in [-0.39, 0.29) is 0 Å². The summed E-state index contributed by atoms with van der Waals surface area (Å²) in [6, 6.07) is 44.6. The molecule has 9 rings (SSSR count). The van der Waals surface area contributed by atoms with Gasteiger partial charge in [0.05, 0.1) is 22.8 Å². The molecule has 0 unspecified atom stereocenters. The highest BCUT2D eigenvalue weighted by molar-refractivity contribution is 6.00. The number of nitrogens with zero attached hydrogens (tertiary/aromatic N) is 4. The van der Waals surface area contributed by atoms with Gasteiger partial charge in [0.25, 0.3) is 0 Å². The molecule has 2 aliphatic heterocycles. The van der Waals surface area contributed by atoms with Gasteiger partial charge in [0.1, 0.15) is 0 Å². The molecule has 8 bridgehead atoms. The van der Waals surface area contributed by atoms with Crippen molar-refractivity contribution in [2.24, 2.45) is 0 Å². The third-order valence-corrected chi connectivity index (χ3v) is 10.9. The van der Waals surface area contributed by atoms with Crippen LogP contribution in [-0.2, 0) is 0 Å². The molecule has 0 spiro atoms. The summed E-state index contributed by atoms with van der Waals surface area (Å²) in [7, 11) is 0. The lowest BCUT2D eigenvalue weighted by Gasteiger charge is -2.43. The largest absolute Gasteiger partial charge is 0.758 e.